The Kier molecular flexibility index (Phi) is 17.3. The number of unbranched alkanes of at least 4 members (excludes halogenated alkanes) is 9. The van der Waals surface area contributed by atoms with E-state index in [-0.39, 0.29) is 13.2 Å². The Balaban J connectivity index is 4.00. The van der Waals surface area contributed by atoms with Crippen LogP contribution in [0.3, 0.4) is 0 Å². The summed E-state index contributed by atoms with van der Waals surface area (Å²) in [5.41, 5.74) is 0. The predicted octanol–water partition coefficient (Wildman–Crippen LogP) is 3.89. The van der Waals surface area contributed by atoms with Crippen molar-refractivity contribution in [2.75, 3.05) is 26.3 Å². The van der Waals surface area contributed by atoms with Crippen molar-refractivity contribution in [3.8, 4) is 0 Å². The summed E-state index contributed by atoms with van der Waals surface area (Å²) in [5, 5.41) is 17.6. The summed E-state index contributed by atoms with van der Waals surface area (Å²) in [7, 11) is 0. The number of aliphatic hydroxyl groups is 2. The lowest BCUT2D eigenvalue weighted by Gasteiger charge is -2.23. The van der Waals surface area contributed by atoms with Crippen LogP contribution in [0.25, 0.3) is 0 Å². The molecule has 0 atom stereocenters. The van der Waals surface area contributed by atoms with Crippen molar-refractivity contribution in [2.45, 2.75) is 90.4 Å². The van der Waals surface area contributed by atoms with Crippen LogP contribution in [-0.2, 0) is 4.79 Å². The Hall–Kier alpha value is -0.610. The Bertz CT molecular complexity index is 245. The molecule has 0 heterocycles. The third-order valence-electron chi connectivity index (χ3n) is 4.27. The monoisotopic (exact) mass is 329 g/mol. The Morgan fingerprint density at radius 2 is 1.17 bits per heavy atom. The van der Waals surface area contributed by atoms with Gasteiger partial charge in [0, 0.05) is 32.7 Å². The molecule has 0 aromatic heterocycles. The highest BCUT2D eigenvalue weighted by Crippen LogP contribution is 2.10. The fourth-order valence-corrected chi connectivity index (χ4v) is 2.76. The molecule has 0 saturated heterocycles. The minimum atomic E-state index is 0.269. The molecule has 0 aromatic rings. The van der Waals surface area contributed by atoms with E-state index in [0.717, 1.165) is 77.3 Å². The number of hydrogen-bond acceptors (Lipinski definition) is 3. The van der Waals surface area contributed by atoms with Gasteiger partial charge in [0.15, 0.2) is 0 Å². The molecule has 0 rings (SSSR count). The second-order valence-corrected chi connectivity index (χ2v) is 6.47. The molecule has 0 bridgehead atoms. The highest BCUT2D eigenvalue weighted by molar-refractivity contribution is 5.76. The SMILES string of the molecule is CCCCCCC(=O)N(CCCCCCO)CCCCCCO. The van der Waals surface area contributed by atoms with Gasteiger partial charge in [-0.15, -0.1) is 0 Å². The van der Waals surface area contributed by atoms with Crippen molar-refractivity contribution < 1.29 is 15.0 Å². The zero-order valence-electron chi connectivity index (χ0n) is 15.3. The number of carbonyl (C=O) groups excluding carboxylic acids is 1. The number of rotatable bonds is 17. The van der Waals surface area contributed by atoms with Gasteiger partial charge in [-0.05, 0) is 32.1 Å². The van der Waals surface area contributed by atoms with Gasteiger partial charge in [0.25, 0.3) is 0 Å². The lowest BCUT2D eigenvalue weighted by atomic mass is 10.1. The van der Waals surface area contributed by atoms with Crippen LogP contribution in [0.15, 0.2) is 0 Å². The first kappa shape index (κ1) is 22.4. The van der Waals surface area contributed by atoms with Crippen LogP contribution in [0.5, 0.6) is 0 Å². The van der Waals surface area contributed by atoms with E-state index in [9.17, 15) is 4.79 Å². The molecule has 0 fully saturated rings. The van der Waals surface area contributed by atoms with Crippen molar-refractivity contribution in [1.82, 2.24) is 4.90 Å². The van der Waals surface area contributed by atoms with E-state index < -0.39 is 0 Å². The Morgan fingerprint density at radius 3 is 1.65 bits per heavy atom. The number of nitrogens with zero attached hydrogens (tertiary/aromatic N) is 1. The molecule has 0 saturated carbocycles. The number of amides is 1. The van der Waals surface area contributed by atoms with E-state index in [1.165, 1.54) is 12.8 Å². The fraction of sp³-hybridized carbons (Fsp3) is 0.947. The molecule has 0 aliphatic rings. The van der Waals surface area contributed by atoms with Gasteiger partial charge < -0.3 is 15.1 Å². The number of aliphatic hydroxyl groups excluding tert-OH is 2. The Labute approximate surface area is 143 Å². The number of carbonyl (C=O) groups is 1. The van der Waals surface area contributed by atoms with Crippen LogP contribution in [0.2, 0.25) is 0 Å². The van der Waals surface area contributed by atoms with E-state index >= 15 is 0 Å². The summed E-state index contributed by atoms with van der Waals surface area (Å²) >= 11 is 0. The Morgan fingerprint density at radius 1 is 0.696 bits per heavy atom. The zero-order valence-corrected chi connectivity index (χ0v) is 15.3. The lowest BCUT2D eigenvalue weighted by molar-refractivity contribution is -0.131. The van der Waals surface area contributed by atoms with Gasteiger partial charge >= 0.3 is 0 Å². The topological polar surface area (TPSA) is 60.8 Å². The summed E-state index contributed by atoms with van der Waals surface area (Å²) < 4.78 is 0. The van der Waals surface area contributed by atoms with Gasteiger partial charge in [0.1, 0.15) is 0 Å². The van der Waals surface area contributed by atoms with Gasteiger partial charge in [-0.1, -0.05) is 51.9 Å². The van der Waals surface area contributed by atoms with Crippen molar-refractivity contribution in [3.05, 3.63) is 0 Å². The van der Waals surface area contributed by atoms with E-state index in [2.05, 4.69) is 6.92 Å². The summed E-state index contributed by atoms with van der Waals surface area (Å²) in [5.74, 6) is 0.311. The van der Waals surface area contributed by atoms with E-state index in [4.69, 9.17) is 10.2 Å². The molecule has 23 heavy (non-hydrogen) atoms. The number of hydrogen-bond donors (Lipinski definition) is 2. The van der Waals surface area contributed by atoms with Crippen molar-refractivity contribution in [2.24, 2.45) is 0 Å². The highest BCUT2D eigenvalue weighted by Gasteiger charge is 2.12. The molecule has 138 valence electrons. The van der Waals surface area contributed by atoms with Crippen molar-refractivity contribution in [3.63, 3.8) is 0 Å². The maximum atomic E-state index is 12.4. The second kappa shape index (κ2) is 17.7. The van der Waals surface area contributed by atoms with Crippen molar-refractivity contribution in [1.29, 1.82) is 0 Å². The van der Waals surface area contributed by atoms with E-state index in [1.807, 2.05) is 4.90 Å². The lowest BCUT2D eigenvalue weighted by Crippen LogP contribution is -2.32. The zero-order chi connectivity index (χ0) is 17.2. The molecule has 0 radical (unpaired) electrons. The summed E-state index contributed by atoms with van der Waals surface area (Å²) in [6, 6.07) is 0. The second-order valence-electron chi connectivity index (χ2n) is 6.47. The van der Waals surface area contributed by atoms with Crippen LogP contribution in [0.1, 0.15) is 90.4 Å². The van der Waals surface area contributed by atoms with Gasteiger partial charge in [0.2, 0.25) is 5.91 Å². The van der Waals surface area contributed by atoms with E-state index in [0.29, 0.717) is 12.3 Å². The molecule has 0 spiro atoms. The van der Waals surface area contributed by atoms with Crippen LogP contribution in [0, 0.1) is 0 Å². The maximum Gasteiger partial charge on any atom is 0.222 e. The first-order valence-electron chi connectivity index (χ1n) is 9.75. The molecule has 2 N–H and O–H groups in total. The van der Waals surface area contributed by atoms with Gasteiger partial charge in [0.05, 0.1) is 0 Å². The molecule has 0 aromatic carbocycles. The molecule has 4 heteroatoms. The average molecular weight is 330 g/mol. The summed E-state index contributed by atoms with van der Waals surface area (Å²) in [6.07, 6.45) is 13.4. The highest BCUT2D eigenvalue weighted by atomic mass is 16.3. The van der Waals surface area contributed by atoms with Crippen LogP contribution < -0.4 is 0 Å². The average Bonchev–Trinajstić information content (AvgIpc) is 2.56. The summed E-state index contributed by atoms with van der Waals surface area (Å²) in [4.78, 5) is 14.4. The predicted molar refractivity (Wildman–Crippen MR) is 96.4 cm³/mol. The van der Waals surface area contributed by atoms with Crippen LogP contribution in [0.4, 0.5) is 0 Å². The summed E-state index contributed by atoms with van der Waals surface area (Å²) in [6.45, 7) is 4.44. The largest absolute Gasteiger partial charge is 0.396 e. The first-order valence-corrected chi connectivity index (χ1v) is 9.75. The van der Waals surface area contributed by atoms with Gasteiger partial charge in [-0.2, -0.15) is 0 Å². The maximum absolute atomic E-state index is 12.4. The van der Waals surface area contributed by atoms with E-state index in [1.54, 1.807) is 0 Å². The standard InChI is InChI=1S/C19H39NO3/c1-2-3-4-9-14-19(23)20(15-10-5-7-12-17-21)16-11-6-8-13-18-22/h21-22H,2-18H2,1H3. The third-order valence-corrected chi connectivity index (χ3v) is 4.27. The molecule has 0 unspecified atom stereocenters. The smallest absolute Gasteiger partial charge is 0.222 e. The van der Waals surface area contributed by atoms with Crippen LogP contribution >= 0.6 is 0 Å². The molecule has 4 nitrogen and oxygen atoms in total. The molecular formula is C19H39NO3. The molecule has 0 aliphatic carbocycles. The van der Waals surface area contributed by atoms with Gasteiger partial charge in [-0.25, -0.2) is 0 Å². The quantitative estimate of drug-likeness (QED) is 0.398. The van der Waals surface area contributed by atoms with Gasteiger partial charge in [-0.3, -0.25) is 4.79 Å². The fourth-order valence-electron chi connectivity index (χ4n) is 2.76. The first-order chi connectivity index (χ1) is 11.3. The minimum Gasteiger partial charge on any atom is -0.396 e. The molecule has 0 aliphatic heterocycles. The van der Waals surface area contributed by atoms with Crippen LogP contribution in [-0.4, -0.2) is 47.3 Å². The molecular weight excluding hydrogens is 290 g/mol. The minimum absolute atomic E-state index is 0.269. The normalized spacial score (nSPS) is 10.9. The van der Waals surface area contributed by atoms with Crippen molar-refractivity contribution >= 4 is 5.91 Å². The third kappa shape index (κ3) is 14.7. The molecule has 1 amide bonds.